The van der Waals surface area contributed by atoms with Crippen LogP contribution in [-0.4, -0.2) is 47.4 Å². The number of unbranched alkanes of at least 4 members (excludes halogenated alkanes) is 45. The minimum atomic E-state index is -0.665. The molecule has 0 fully saturated rings. The largest absolute Gasteiger partial charge is 0.466 e. The van der Waals surface area contributed by atoms with Gasteiger partial charge in [0.25, 0.3) is 0 Å². The highest BCUT2D eigenvalue weighted by molar-refractivity contribution is 5.76. The maximum absolute atomic E-state index is 12.5. The van der Waals surface area contributed by atoms with Crippen molar-refractivity contribution >= 4 is 11.9 Å². The number of rotatable bonds is 60. The van der Waals surface area contributed by atoms with E-state index in [4.69, 9.17) is 4.74 Å². The van der Waals surface area contributed by atoms with E-state index < -0.39 is 12.1 Å². The van der Waals surface area contributed by atoms with Crippen LogP contribution >= 0.6 is 0 Å². The average molecular weight is 1000 g/mol. The van der Waals surface area contributed by atoms with Gasteiger partial charge in [0.2, 0.25) is 5.91 Å². The molecule has 0 heterocycles. The minimum absolute atomic E-state index is 0.00539. The Hall–Kier alpha value is -1.66. The van der Waals surface area contributed by atoms with Crippen molar-refractivity contribution in [3.8, 4) is 0 Å². The molecule has 0 spiro atoms. The number of aliphatic hydroxyl groups excluding tert-OH is 2. The second kappa shape index (κ2) is 60.9. The molecule has 2 unspecified atom stereocenters. The van der Waals surface area contributed by atoms with Crippen molar-refractivity contribution in [1.82, 2.24) is 5.32 Å². The van der Waals surface area contributed by atoms with Gasteiger partial charge in [-0.1, -0.05) is 289 Å². The van der Waals surface area contributed by atoms with Crippen molar-refractivity contribution in [2.45, 2.75) is 366 Å². The van der Waals surface area contributed by atoms with Crippen LogP contribution in [0, 0.1) is 0 Å². The van der Waals surface area contributed by atoms with Crippen molar-refractivity contribution in [1.29, 1.82) is 0 Å². The number of amides is 1. The maximum Gasteiger partial charge on any atom is 0.305 e. The third-order valence-corrected chi connectivity index (χ3v) is 15.0. The molecular formula is C65H125NO5. The highest BCUT2D eigenvalue weighted by Gasteiger charge is 2.20. The van der Waals surface area contributed by atoms with E-state index in [2.05, 4.69) is 43.5 Å². The molecule has 0 aromatic heterocycles. The first-order chi connectivity index (χ1) is 35.0. The average Bonchev–Trinajstić information content (AvgIpc) is 3.37. The quantitative estimate of drug-likeness (QED) is 0.0320. The molecular weight excluding hydrogens is 875 g/mol. The van der Waals surface area contributed by atoms with Crippen molar-refractivity contribution in [3.63, 3.8) is 0 Å². The van der Waals surface area contributed by atoms with Gasteiger partial charge in [0.15, 0.2) is 0 Å². The molecule has 2 atom stereocenters. The van der Waals surface area contributed by atoms with Crippen LogP contribution in [0.15, 0.2) is 24.3 Å². The summed E-state index contributed by atoms with van der Waals surface area (Å²) < 4.78 is 5.47. The lowest BCUT2D eigenvalue weighted by Gasteiger charge is -2.22. The maximum atomic E-state index is 12.5. The minimum Gasteiger partial charge on any atom is -0.466 e. The van der Waals surface area contributed by atoms with Crippen molar-refractivity contribution < 1.29 is 24.5 Å². The summed E-state index contributed by atoms with van der Waals surface area (Å²) in [6.07, 6.45) is 74.8. The number of ether oxygens (including phenoxy) is 1. The Morgan fingerprint density at radius 2 is 0.662 bits per heavy atom. The SMILES string of the molecule is CCCCCC/C=C\CCCCCCCC(=O)OCCCCCCCCCCCCCC/C=C\CCCCCCCCCCCCC(=O)NC(CO)C(O)CCCCCCCCCCCCCCCCC. The summed E-state index contributed by atoms with van der Waals surface area (Å²) >= 11 is 0. The van der Waals surface area contributed by atoms with Crippen LogP contribution in [0.4, 0.5) is 0 Å². The van der Waals surface area contributed by atoms with Crippen molar-refractivity contribution in [2.24, 2.45) is 0 Å². The van der Waals surface area contributed by atoms with E-state index in [0.717, 1.165) is 44.9 Å². The van der Waals surface area contributed by atoms with Gasteiger partial charge in [0.1, 0.15) is 0 Å². The first-order valence-electron chi connectivity index (χ1n) is 32.1. The Bertz CT molecular complexity index is 1110. The summed E-state index contributed by atoms with van der Waals surface area (Å²) in [5.74, 6) is -0.0293. The van der Waals surface area contributed by atoms with Gasteiger partial charge in [-0.25, -0.2) is 0 Å². The summed E-state index contributed by atoms with van der Waals surface area (Å²) in [4.78, 5) is 24.5. The molecule has 0 aliphatic carbocycles. The fraction of sp³-hybridized carbons (Fsp3) is 0.908. The lowest BCUT2D eigenvalue weighted by atomic mass is 10.0. The standard InChI is InChI=1S/C65H125NO5/c1-3-5-7-9-11-13-15-17-30-34-37-41-45-49-53-57-63(68)62(61-67)66-64(69)58-54-50-46-42-38-35-31-28-26-24-22-20-18-19-21-23-25-27-29-32-36-40-44-48-52-56-60-71-65(70)59-55-51-47-43-39-33-16-14-12-10-8-6-4-2/h14,16,18,20,62-63,67-68H,3-13,15,17,19,21-61H2,1-2H3,(H,66,69)/b16-14-,20-18-. The molecule has 0 saturated carbocycles. The van der Waals surface area contributed by atoms with Crippen LogP contribution < -0.4 is 5.32 Å². The molecule has 6 heteroatoms. The van der Waals surface area contributed by atoms with Crippen molar-refractivity contribution in [3.05, 3.63) is 24.3 Å². The van der Waals surface area contributed by atoms with E-state index in [9.17, 15) is 19.8 Å². The smallest absolute Gasteiger partial charge is 0.305 e. The van der Waals surface area contributed by atoms with E-state index in [-0.39, 0.29) is 18.5 Å². The van der Waals surface area contributed by atoms with Gasteiger partial charge in [-0.2, -0.15) is 0 Å². The molecule has 0 aliphatic heterocycles. The molecule has 3 N–H and O–H groups in total. The number of carbonyl (C=O) groups excluding carboxylic acids is 2. The number of nitrogens with one attached hydrogen (secondary N) is 1. The molecule has 1 amide bonds. The number of carbonyl (C=O) groups is 2. The highest BCUT2D eigenvalue weighted by atomic mass is 16.5. The fourth-order valence-electron chi connectivity index (χ4n) is 10.0. The Kier molecular flexibility index (Phi) is 59.5. The van der Waals surface area contributed by atoms with Gasteiger partial charge in [-0.05, 0) is 77.0 Å². The van der Waals surface area contributed by atoms with E-state index in [1.54, 1.807) is 0 Å². The first-order valence-corrected chi connectivity index (χ1v) is 32.1. The topological polar surface area (TPSA) is 95.9 Å². The third kappa shape index (κ3) is 57.5. The van der Waals surface area contributed by atoms with Crippen LogP contribution in [-0.2, 0) is 14.3 Å². The van der Waals surface area contributed by atoms with E-state index in [1.165, 1.54) is 276 Å². The second-order valence-corrected chi connectivity index (χ2v) is 22.1. The summed E-state index contributed by atoms with van der Waals surface area (Å²) in [5, 5.41) is 23.3. The van der Waals surface area contributed by atoms with E-state index in [0.29, 0.717) is 25.9 Å². The van der Waals surface area contributed by atoms with Crippen LogP contribution in [0.3, 0.4) is 0 Å². The Morgan fingerprint density at radius 3 is 1.01 bits per heavy atom. The van der Waals surface area contributed by atoms with Crippen LogP contribution in [0.5, 0.6) is 0 Å². The molecule has 0 aromatic rings. The molecule has 0 aliphatic rings. The fourth-order valence-corrected chi connectivity index (χ4v) is 10.0. The normalized spacial score (nSPS) is 12.7. The zero-order valence-corrected chi connectivity index (χ0v) is 48.0. The molecule has 420 valence electrons. The predicted molar refractivity (Wildman–Crippen MR) is 310 cm³/mol. The summed E-state index contributed by atoms with van der Waals surface area (Å²) in [5.41, 5.74) is 0. The Balaban J connectivity index is 3.39. The van der Waals surface area contributed by atoms with Gasteiger partial charge < -0.3 is 20.3 Å². The zero-order valence-electron chi connectivity index (χ0n) is 48.0. The molecule has 0 rings (SSSR count). The van der Waals surface area contributed by atoms with Gasteiger partial charge in [0, 0.05) is 12.8 Å². The second-order valence-electron chi connectivity index (χ2n) is 22.1. The van der Waals surface area contributed by atoms with Crippen LogP contribution in [0.2, 0.25) is 0 Å². The number of esters is 1. The van der Waals surface area contributed by atoms with E-state index in [1.807, 2.05) is 0 Å². The zero-order chi connectivity index (χ0) is 51.4. The highest BCUT2D eigenvalue weighted by Crippen LogP contribution is 2.18. The van der Waals surface area contributed by atoms with Gasteiger partial charge in [0.05, 0.1) is 25.4 Å². The summed E-state index contributed by atoms with van der Waals surface area (Å²) in [6.45, 7) is 4.95. The lowest BCUT2D eigenvalue weighted by Crippen LogP contribution is -2.45. The molecule has 0 bridgehead atoms. The van der Waals surface area contributed by atoms with Crippen LogP contribution in [0.25, 0.3) is 0 Å². The first kappa shape index (κ1) is 69.3. The van der Waals surface area contributed by atoms with Gasteiger partial charge in [-0.15, -0.1) is 0 Å². The monoisotopic (exact) mass is 1000 g/mol. The predicted octanol–water partition coefficient (Wildman–Crippen LogP) is 20.2. The molecule has 6 nitrogen and oxygen atoms in total. The molecule has 71 heavy (non-hydrogen) atoms. The number of aliphatic hydroxyl groups is 2. The molecule has 0 saturated heterocycles. The Labute approximate surface area is 443 Å². The molecule has 0 aromatic carbocycles. The summed E-state index contributed by atoms with van der Waals surface area (Å²) in [7, 11) is 0. The Morgan fingerprint density at radius 1 is 0.380 bits per heavy atom. The van der Waals surface area contributed by atoms with E-state index >= 15 is 0 Å². The van der Waals surface area contributed by atoms with Gasteiger partial charge in [-0.3, -0.25) is 9.59 Å². The third-order valence-electron chi connectivity index (χ3n) is 15.0. The number of hydrogen-bond donors (Lipinski definition) is 3. The summed E-state index contributed by atoms with van der Waals surface area (Å²) in [6, 6.07) is -0.542. The van der Waals surface area contributed by atoms with Gasteiger partial charge >= 0.3 is 5.97 Å². The van der Waals surface area contributed by atoms with Crippen LogP contribution in [0.1, 0.15) is 354 Å². The number of allylic oxidation sites excluding steroid dienone is 4. The molecule has 0 radical (unpaired) electrons. The lowest BCUT2D eigenvalue weighted by molar-refractivity contribution is -0.143. The van der Waals surface area contributed by atoms with Crippen molar-refractivity contribution in [2.75, 3.05) is 13.2 Å². The number of hydrogen-bond acceptors (Lipinski definition) is 5.